The Morgan fingerprint density at radius 2 is 1.94 bits per heavy atom. The third kappa shape index (κ3) is 3.21. The molecule has 1 fully saturated rings. The molecule has 0 atom stereocenters. The maximum absolute atomic E-state index is 11.9. The van der Waals surface area contributed by atoms with Crippen LogP contribution in [0.25, 0.3) is 28.9 Å². The standard InChI is InChI=1S/C22H26N8O/c1-25-22(21(24)31)6-8-29(9-7-22)19-11-18(23)30-20(28-19)16(13-27-30)15-10-14-4-2-3-5-17(14)26-12-15/h4-5,10-13,25H,2-3,6-9,23H2,1H3,(H2,24,31). The van der Waals surface area contributed by atoms with Crippen LogP contribution in [0.1, 0.15) is 25.7 Å². The van der Waals surface area contributed by atoms with Crippen molar-refractivity contribution in [3.63, 3.8) is 0 Å². The van der Waals surface area contributed by atoms with Gasteiger partial charge in [-0.3, -0.25) is 9.78 Å². The number of carbonyl (C=O) groups excluding carboxylic acids is 1. The van der Waals surface area contributed by atoms with Crippen molar-refractivity contribution in [2.75, 3.05) is 30.8 Å². The summed E-state index contributed by atoms with van der Waals surface area (Å²) in [6.45, 7) is 1.31. The number of piperidine rings is 1. The van der Waals surface area contributed by atoms with E-state index in [2.05, 4.69) is 38.5 Å². The molecule has 2 aliphatic rings. The van der Waals surface area contributed by atoms with E-state index in [4.69, 9.17) is 16.5 Å². The number of carbonyl (C=O) groups is 1. The number of nitrogen functional groups attached to an aromatic ring is 1. The number of hydrogen-bond acceptors (Lipinski definition) is 7. The minimum atomic E-state index is -0.670. The summed E-state index contributed by atoms with van der Waals surface area (Å²) in [5, 5.41) is 9.72. The highest BCUT2D eigenvalue weighted by molar-refractivity contribution is 5.85. The zero-order valence-electron chi connectivity index (χ0n) is 17.5. The van der Waals surface area contributed by atoms with Gasteiger partial charge in [0.05, 0.1) is 11.5 Å². The summed E-state index contributed by atoms with van der Waals surface area (Å²) >= 11 is 0. The van der Waals surface area contributed by atoms with Gasteiger partial charge < -0.3 is 21.7 Å². The molecule has 9 heteroatoms. The number of nitrogens with two attached hydrogens (primary N) is 2. The van der Waals surface area contributed by atoms with E-state index in [-0.39, 0.29) is 5.91 Å². The predicted molar refractivity (Wildman–Crippen MR) is 120 cm³/mol. The molecule has 0 aromatic carbocycles. The first-order valence-corrected chi connectivity index (χ1v) is 10.6. The minimum Gasteiger partial charge on any atom is -0.383 e. The van der Waals surface area contributed by atoms with Crippen molar-refractivity contribution in [2.45, 2.75) is 31.2 Å². The molecule has 3 aromatic heterocycles. The lowest BCUT2D eigenvalue weighted by Crippen LogP contribution is -2.59. The van der Waals surface area contributed by atoms with E-state index >= 15 is 0 Å². The maximum atomic E-state index is 11.9. The number of hydrogen-bond donors (Lipinski definition) is 3. The fourth-order valence-corrected chi connectivity index (χ4v) is 4.51. The summed E-state index contributed by atoms with van der Waals surface area (Å²) in [7, 11) is 1.78. The number of anilines is 2. The highest BCUT2D eigenvalue weighted by atomic mass is 16.1. The van der Waals surface area contributed by atoms with E-state index in [0.29, 0.717) is 37.4 Å². The second-order valence-electron chi connectivity index (χ2n) is 8.20. The first-order valence-electron chi connectivity index (χ1n) is 10.6. The second kappa shape index (κ2) is 7.35. The molecule has 0 saturated carbocycles. The predicted octanol–water partition coefficient (Wildman–Crippen LogP) is -0.228. The fraction of sp³-hybridized carbons (Fsp3) is 0.364. The molecule has 1 amide bonds. The Kier molecular flexibility index (Phi) is 4.62. The van der Waals surface area contributed by atoms with Gasteiger partial charge in [-0.2, -0.15) is 9.61 Å². The number of fused-ring (bicyclic) bond motifs is 2. The van der Waals surface area contributed by atoms with Crippen molar-refractivity contribution in [2.24, 2.45) is 5.73 Å². The molecule has 160 valence electrons. The number of nitrogens with one attached hydrogen (secondary N) is 1. The van der Waals surface area contributed by atoms with Crippen LogP contribution in [0.2, 0.25) is 0 Å². The van der Waals surface area contributed by atoms with Gasteiger partial charge in [-0.25, -0.2) is 4.98 Å². The van der Waals surface area contributed by atoms with Crippen LogP contribution in [0, 0.1) is 0 Å². The first kappa shape index (κ1) is 19.5. The average molecular weight is 419 g/mol. The summed E-state index contributed by atoms with van der Waals surface area (Å²) < 4.78 is 1.65. The molecule has 1 aliphatic carbocycles. The smallest absolute Gasteiger partial charge is 0.237 e. The van der Waals surface area contributed by atoms with Gasteiger partial charge >= 0.3 is 0 Å². The number of amides is 1. The largest absolute Gasteiger partial charge is 0.383 e. The van der Waals surface area contributed by atoms with Crippen LogP contribution in [0.5, 0.6) is 0 Å². The molecular weight excluding hydrogens is 392 g/mol. The normalized spacial score (nSPS) is 17.6. The minimum absolute atomic E-state index is 0.315. The molecule has 31 heavy (non-hydrogen) atoms. The molecule has 1 saturated heterocycles. The summed E-state index contributed by atoms with van der Waals surface area (Å²) in [4.78, 5) is 23.6. The second-order valence-corrected chi connectivity index (χ2v) is 8.20. The van der Waals surface area contributed by atoms with Gasteiger partial charge in [-0.15, -0.1) is 0 Å². The van der Waals surface area contributed by atoms with Crippen LogP contribution in [-0.4, -0.2) is 51.2 Å². The first-order chi connectivity index (χ1) is 15.0. The van der Waals surface area contributed by atoms with Gasteiger partial charge in [-0.1, -0.05) is 12.2 Å². The number of primary amides is 1. The number of aromatic nitrogens is 4. The topological polar surface area (TPSA) is 127 Å². The number of nitrogens with zero attached hydrogens (tertiary/aromatic N) is 5. The Morgan fingerprint density at radius 1 is 1.16 bits per heavy atom. The fourth-order valence-electron chi connectivity index (χ4n) is 4.51. The number of pyridine rings is 1. The van der Waals surface area contributed by atoms with Gasteiger partial charge in [-0.05, 0) is 44.0 Å². The molecule has 0 radical (unpaired) electrons. The van der Waals surface area contributed by atoms with Gasteiger partial charge in [0.1, 0.15) is 17.2 Å². The third-order valence-electron chi connectivity index (χ3n) is 6.51. The van der Waals surface area contributed by atoms with E-state index in [9.17, 15) is 4.79 Å². The van der Waals surface area contributed by atoms with E-state index in [1.165, 1.54) is 0 Å². The zero-order chi connectivity index (χ0) is 21.6. The SMILES string of the molecule is CNC1(C(N)=O)CCN(c2cc(N)n3ncc(-c4cnc5c(c4)=CCCC=5)c3n2)CC1. The van der Waals surface area contributed by atoms with Gasteiger partial charge in [0.2, 0.25) is 5.91 Å². The van der Waals surface area contributed by atoms with Crippen molar-refractivity contribution < 1.29 is 4.79 Å². The Bertz CT molecular complexity index is 1290. The van der Waals surface area contributed by atoms with Crippen molar-refractivity contribution >= 4 is 35.3 Å². The quantitative estimate of drug-likeness (QED) is 0.534. The number of likely N-dealkylation sites (N-methyl/N-ethyl adjacent to an activating group) is 1. The van der Waals surface area contributed by atoms with E-state index in [1.807, 2.05) is 12.3 Å². The summed E-state index contributed by atoms with van der Waals surface area (Å²) in [6.07, 6.45) is 11.3. The molecule has 0 unspecified atom stereocenters. The maximum Gasteiger partial charge on any atom is 0.237 e. The van der Waals surface area contributed by atoms with E-state index < -0.39 is 5.54 Å². The van der Waals surface area contributed by atoms with Crippen LogP contribution in [-0.2, 0) is 4.79 Å². The van der Waals surface area contributed by atoms with Crippen molar-refractivity contribution in [3.05, 3.63) is 35.1 Å². The highest BCUT2D eigenvalue weighted by Crippen LogP contribution is 2.29. The molecule has 5 N–H and O–H groups in total. The van der Waals surface area contributed by atoms with Crippen LogP contribution in [0.15, 0.2) is 24.5 Å². The molecule has 0 spiro atoms. The summed E-state index contributed by atoms with van der Waals surface area (Å²) in [6, 6.07) is 3.96. The van der Waals surface area contributed by atoms with Crippen LogP contribution in [0.3, 0.4) is 0 Å². The lowest BCUT2D eigenvalue weighted by Gasteiger charge is -2.40. The van der Waals surface area contributed by atoms with Crippen molar-refractivity contribution in [1.82, 2.24) is 24.9 Å². The zero-order valence-corrected chi connectivity index (χ0v) is 17.5. The van der Waals surface area contributed by atoms with Gasteiger partial charge in [0.15, 0.2) is 5.65 Å². The highest BCUT2D eigenvalue weighted by Gasteiger charge is 2.38. The molecular formula is C22H26N8O. The lowest BCUT2D eigenvalue weighted by molar-refractivity contribution is -0.125. The molecule has 3 aromatic rings. The Morgan fingerprint density at radius 3 is 2.68 bits per heavy atom. The Hall–Kier alpha value is -3.46. The molecule has 4 heterocycles. The van der Waals surface area contributed by atoms with Gasteiger partial charge in [0, 0.05) is 36.5 Å². The molecule has 5 rings (SSSR count). The van der Waals surface area contributed by atoms with E-state index in [0.717, 1.165) is 40.4 Å². The summed E-state index contributed by atoms with van der Waals surface area (Å²) in [5.74, 6) is 0.966. The Labute approximate surface area is 179 Å². The average Bonchev–Trinajstić information content (AvgIpc) is 3.23. The van der Waals surface area contributed by atoms with Crippen molar-refractivity contribution in [1.29, 1.82) is 0 Å². The molecule has 0 bridgehead atoms. The molecule has 1 aliphatic heterocycles. The lowest BCUT2D eigenvalue weighted by atomic mass is 9.87. The van der Waals surface area contributed by atoms with Crippen molar-refractivity contribution in [3.8, 4) is 11.1 Å². The third-order valence-corrected chi connectivity index (χ3v) is 6.51. The van der Waals surface area contributed by atoms with Crippen LogP contribution in [0.4, 0.5) is 11.6 Å². The van der Waals surface area contributed by atoms with Crippen LogP contribution >= 0.6 is 0 Å². The summed E-state index contributed by atoms with van der Waals surface area (Å²) in [5.41, 5.74) is 13.8. The number of rotatable bonds is 4. The molecule has 9 nitrogen and oxygen atoms in total. The van der Waals surface area contributed by atoms with E-state index in [1.54, 1.807) is 17.8 Å². The van der Waals surface area contributed by atoms with Gasteiger partial charge in [0.25, 0.3) is 0 Å². The monoisotopic (exact) mass is 418 g/mol. The Balaban J connectivity index is 1.52. The van der Waals surface area contributed by atoms with Crippen LogP contribution < -0.4 is 32.3 Å².